The molecule has 0 amide bonds. The molecule has 0 bridgehead atoms. The SMILES string of the molecule is COc1c(O)ccc(Cl)c1-c1cnn(C)c1N. The second-order valence-corrected chi connectivity index (χ2v) is 3.95. The number of benzene rings is 1. The van der Waals surface area contributed by atoms with E-state index in [1.807, 2.05) is 0 Å². The Morgan fingerprint density at radius 2 is 2.18 bits per heavy atom. The molecule has 2 aromatic rings. The number of halogens is 1. The van der Waals surface area contributed by atoms with Crippen LogP contribution in [-0.2, 0) is 7.05 Å². The highest BCUT2D eigenvalue weighted by molar-refractivity contribution is 6.34. The van der Waals surface area contributed by atoms with Gasteiger partial charge in [-0.3, -0.25) is 4.68 Å². The largest absolute Gasteiger partial charge is 0.504 e. The maximum atomic E-state index is 9.72. The van der Waals surface area contributed by atoms with Crippen LogP contribution in [0.3, 0.4) is 0 Å². The van der Waals surface area contributed by atoms with Crippen LogP contribution >= 0.6 is 11.6 Å². The molecule has 0 spiro atoms. The van der Waals surface area contributed by atoms with E-state index < -0.39 is 0 Å². The lowest BCUT2D eigenvalue weighted by molar-refractivity contribution is 0.375. The number of aryl methyl sites for hydroxylation is 1. The molecular formula is C11H12ClN3O2. The molecule has 2 rings (SSSR count). The number of rotatable bonds is 2. The van der Waals surface area contributed by atoms with Crippen molar-refractivity contribution in [2.75, 3.05) is 12.8 Å². The van der Waals surface area contributed by atoms with Crippen molar-refractivity contribution >= 4 is 17.4 Å². The van der Waals surface area contributed by atoms with E-state index in [4.69, 9.17) is 22.1 Å². The van der Waals surface area contributed by atoms with Gasteiger partial charge in [0, 0.05) is 12.6 Å². The van der Waals surface area contributed by atoms with Crippen LogP contribution in [0.4, 0.5) is 5.82 Å². The molecule has 1 aromatic heterocycles. The molecule has 0 fully saturated rings. The number of hydrogen-bond acceptors (Lipinski definition) is 4. The summed E-state index contributed by atoms with van der Waals surface area (Å²) in [5, 5.41) is 14.2. The van der Waals surface area contributed by atoms with Crippen molar-refractivity contribution in [3.63, 3.8) is 0 Å². The highest BCUT2D eigenvalue weighted by atomic mass is 35.5. The molecule has 0 aliphatic heterocycles. The summed E-state index contributed by atoms with van der Waals surface area (Å²) >= 11 is 6.11. The zero-order valence-corrected chi connectivity index (χ0v) is 10.2. The van der Waals surface area contributed by atoms with E-state index in [1.165, 1.54) is 17.9 Å². The molecule has 1 aromatic carbocycles. The van der Waals surface area contributed by atoms with E-state index in [0.29, 0.717) is 22.0 Å². The molecule has 0 saturated heterocycles. The number of nitrogen functional groups attached to an aromatic ring is 1. The van der Waals surface area contributed by atoms with Gasteiger partial charge in [-0.05, 0) is 12.1 Å². The minimum atomic E-state index is 0.00940. The fraction of sp³-hybridized carbons (Fsp3) is 0.182. The predicted octanol–water partition coefficient (Wildman–Crippen LogP) is 2.04. The molecule has 3 N–H and O–H groups in total. The number of hydrogen-bond donors (Lipinski definition) is 2. The van der Waals surface area contributed by atoms with Crippen LogP contribution in [0.25, 0.3) is 11.1 Å². The van der Waals surface area contributed by atoms with Gasteiger partial charge in [0.1, 0.15) is 5.82 Å². The van der Waals surface area contributed by atoms with Gasteiger partial charge in [-0.15, -0.1) is 0 Å². The molecule has 0 saturated carbocycles. The first-order valence-electron chi connectivity index (χ1n) is 4.89. The minimum absolute atomic E-state index is 0.00940. The number of methoxy groups -OCH3 is 1. The van der Waals surface area contributed by atoms with Gasteiger partial charge in [-0.1, -0.05) is 11.6 Å². The van der Waals surface area contributed by atoms with Gasteiger partial charge in [0.05, 0.1) is 23.9 Å². The predicted molar refractivity (Wildman–Crippen MR) is 66.3 cm³/mol. The molecule has 90 valence electrons. The summed E-state index contributed by atoms with van der Waals surface area (Å²) in [4.78, 5) is 0. The van der Waals surface area contributed by atoms with Crippen LogP contribution in [0.2, 0.25) is 5.02 Å². The Morgan fingerprint density at radius 3 is 2.71 bits per heavy atom. The Kier molecular flexibility index (Phi) is 2.85. The number of anilines is 1. The summed E-state index contributed by atoms with van der Waals surface area (Å²) in [7, 11) is 3.18. The molecule has 0 aliphatic carbocycles. The van der Waals surface area contributed by atoms with Gasteiger partial charge >= 0.3 is 0 Å². The number of aromatic nitrogens is 2. The Labute approximate surface area is 103 Å². The number of nitrogens with two attached hydrogens (primary N) is 1. The number of aromatic hydroxyl groups is 1. The first-order chi connectivity index (χ1) is 8.06. The fourth-order valence-corrected chi connectivity index (χ4v) is 1.90. The van der Waals surface area contributed by atoms with Crippen molar-refractivity contribution in [2.45, 2.75) is 0 Å². The molecule has 17 heavy (non-hydrogen) atoms. The van der Waals surface area contributed by atoms with Crippen molar-refractivity contribution < 1.29 is 9.84 Å². The first-order valence-corrected chi connectivity index (χ1v) is 5.27. The highest BCUT2D eigenvalue weighted by Crippen LogP contribution is 2.43. The maximum Gasteiger partial charge on any atom is 0.169 e. The Morgan fingerprint density at radius 1 is 1.47 bits per heavy atom. The van der Waals surface area contributed by atoms with Crippen LogP contribution < -0.4 is 10.5 Å². The second kappa shape index (κ2) is 4.18. The average molecular weight is 254 g/mol. The smallest absolute Gasteiger partial charge is 0.169 e. The van der Waals surface area contributed by atoms with E-state index in [1.54, 1.807) is 19.3 Å². The average Bonchev–Trinajstić information content (AvgIpc) is 2.63. The normalized spacial score (nSPS) is 10.5. The Bertz CT molecular complexity index is 566. The van der Waals surface area contributed by atoms with Crippen molar-refractivity contribution in [1.82, 2.24) is 9.78 Å². The maximum absolute atomic E-state index is 9.72. The van der Waals surface area contributed by atoms with E-state index in [2.05, 4.69) is 5.10 Å². The monoisotopic (exact) mass is 253 g/mol. The van der Waals surface area contributed by atoms with Gasteiger partial charge in [0.15, 0.2) is 11.5 Å². The zero-order valence-electron chi connectivity index (χ0n) is 9.44. The van der Waals surface area contributed by atoms with Crippen LogP contribution in [0.15, 0.2) is 18.3 Å². The Balaban J connectivity index is 2.74. The summed E-state index contributed by atoms with van der Waals surface area (Å²) in [6.07, 6.45) is 1.58. The molecule has 0 unspecified atom stereocenters. The lowest BCUT2D eigenvalue weighted by Gasteiger charge is -2.11. The Hall–Kier alpha value is -1.88. The second-order valence-electron chi connectivity index (χ2n) is 3.54. The van der Waals surface area contributed by atoms with Crippen LogP contribution in [0, 0.1) is 0 Å². The number of phenolic OH excluding ortho intramolecular Hbond substituents is 1. The van der Waals surface area contributed by atoms with Crippen molar-refractivity contribution in [3.8, 4) is 22.6 Å². The minimum Gasteiger partial charge on any atom is -0.504 e. The zero-order chi connectivity index (χ0) is 12.6. The van der Waals surface area contributed by atoms with Gasteiger partial charge in [0.25, 0.3) is 0 Å². The van der Waals surface area contributed by atoms with Crippen molar-refractivity contribution in [2.24, 2.45) is 7.05 Å². The number of ether oxygens (including phenoxy) is 1. The van der Waals surface area contributed by atoms with E-state index in [-0.39, 0.29) is 11.5 Å². The van der Waals surface area contributed by atoms with Gasteiger partial charge < -0.3 is 15.6 Å². The topological polar surface area (TPSA) is 73.3 Å². The van der Waals surface area contributed by atoms with E-state index in [9.17, 15) is 5.11 Å². The van der Waals surface area contributed by atoms with Crippen molar-refractivity contribution in [3.05, 3.63) is 23.4 Å². The molecule has 0 radical (unpaired) electrons. The van der Waals surface area contributed by atoms with E-state index >= 15 is 0 Å². The molecule has 5 nitrogen and oxygen atoms in total. The number of phenols is 1. The van der Waals surface area contributed by atoms with Gasteiger partial charge in [-0.25, -0.2) is 0 Å². The molecule has 6 heteroatoms. The van der Waals surface area contributed by atoms with Crippen LogP contribution in [-0.4, -0.2) is 22.0 Å². The molecular weight excluding hydrogens is 242 g/mol. The van der Waals surface area contributed by atoms with Crippen molar-refractivity contribution in [1.29, 1.82) is 0 Å². The molecule has 0 aliphatic rings. The van der Waals surface area contributed by atoms with E-state index in [0.717, 1.165) is 0 Å². The summed E-state index contributed by atoms with van der Waals surface area (Å²) in [6, 6.07) is 3.05. The fourth-order valence-electron chi connectivity index (χ4n) is 1.64. The standard InChI is InChI=1S/C11H12ClN3O2/c1-15-11(13)6(5-14-15)9-7(12)3-4-8(16)10(9)17-2/h3-5,16H,13H2,1-2H3. The summed E-state index contributed by atoms with van der Waals surface area (Å²) < 4.78 is 6.67. The third kappa shape index (κ3) is 1.78. The first kappa shape index (κ1) is 11.6. The highest BCUT2D eigenvalue weighted by Gasteiger charge is 2.18. The quantitative estimate of drug-likeness (QED) is 0.859. The van der Waals surface area contributed by atoms with Crippen LogP contribution in [0.5, 0.6) is 11.5 Å². The number of nitrogens with zero attached hydrogens (tertiary/aromatic N) is 2. The third-order valence-corrected chi connectivity index (χ3v) is 2.86. The lowest BCUT2D eigenvalue weighted by atomic mass is 10.1. The van der Waals surface area contributed by atoms with Gasteiger partial charge in [-0.2, -0.15) is 5.10 Å². The third-order valence-electron chi connectivity index (χ3n) is 2.54. The lowest BCUT2D eigenvalue weighted by Crippen LogP contribution is -1.99. The summed E-state index contributed by atoms with van der Waals surface area (Å²) in [5.41, 5.74) is 7.05. The molecule has 1 heterocycles. The summed E-state index contributed by atoms with van der Waals surface area (Å²) in [5.74, 6) is 0.753. The van der Waals surface area contributed by atoms with Gasteiger partial charge in [0.2, 0.25) is 0 Å². The van der Waals surface area contributed by atoms with Crippen LogP contribution in [0.1, 0.15) is 0 Å². The summed E-state index contributed by atoms with van der Waals surface area (Å²) in [6.45, 7) is 0. The molecule has 0 atom stereocenters.